The third kappa shape index (κ3) is 5.66. The lowest BCUT2D eigenvalue weighted by molar-refractivity contribution is 0.0989. The minimum atomic E-state index is -0.279. The highest BCUT2D eigenvalue weighted by Crippen LogP contribution is 2.31. The summed E-state index contributed by atoms with van der Waals surface area (Å²) in [5.74, 6) is 1.62. The zero-order valence-electron chi connectivity index (χ0n) is 16.9. The van der Waals surface area contributed by atoms with Crippen molar-refractivity contribution >= 4 is 46.7 Å². The first kappa shape index (κ1) is 21.9. The van der Waals surface area contributed by atoms with Crippen molar-refractivity contribution in [3.63, 3.8) is 0 Å². The summed E-state index contributed by atoms with van der Waals surface area (Å²) in [6, 6.07) is 22.0. The quantitative estimate of drug-likeness (QED) is 0.225. The van der Waals surface area contributed by atoms with E-state index >= 15 is 0 Å². The maximum atomic E-state index is 12.3. The fourth-order valence-electron chi connectivity index (χ4n) is 2.88. The second kappa shape index (κ2) is 10.8. The number of furan rings is 2. The molecule has 2 amide bonds. The van der Waals surface area contributed by atoms with Crippen LogP contribution in [0.2, 0.25) is 0 Å². The van der Waals surface area contributed by atoms with Crippen molar-refractivity contribution < 1.29 is 18.4 Å². The average molecular weight is 465 g/mol. The SMILES string of the molecule is O=C(Nc1ccccc1SCCSc1ccccc1NC(=O)c1ccco1)c1ccco1. The molecular formula is C24H20N2O4S2. The first-order valence-corrected chi connectivity index (χ1v) is 11.8. The van der Waals surface area contributed by atoms with Gasteiger partial charge in [-0.15, -0.1) is 23.5 Å². The van der Waals surface area contributed by atoms with Gasteiger partial charge in [0.1, 0.15) is 0 Å². The zero-order chi connectivity index (χ0) is 22.2. The molecule has 2 N–H and O–H groups in total. The van der Waals surface area contributed by atoms with Crippen LogP contribution in [0.15, 0.2) is 104 Å². The molecule has 0 saturated heterocycles. The van der Waals surface area contributed by atoms with Crippen LogP contribution >= 0.6 is 23.5 Å². The Kier molecular flexibility index (Phi) is 7.37. The summed E-state index contributed by atoms with van der Waals surface area (Å²) >= 11 is 3.31. The Balaban J connectivity index is 1.32. The Bertz CT molecular complexity index is 1080. The number of hydrogen-bond acceptors (Lipinski definition) is 6. The zero-order valence-corrected chi connectivity index (χ0v) is 18.6. The highest BCUT2D eigenvalue weighted by molar-refractivity contribution is 8.03. The van der Waals surface area contributed by atoms with Gasteiger partial charge in [0.05, 0.1) is 23.9 Å². The third-order valence-corrected chi connectivity index (χ3v) is 6.77. The van der Waals surface area contributed by atoms with E-state index in [2.05, 4.69) is 10.6 Å². The topological polar surface area (TPSA) is 84.5 Å². The highest BCUT2D eigenvalue weighted by Gasteiger charge is 2.13. The van der Waals surface area contributed by atoms with Crippen molar-refractivity contribution in [1.82, 2.24) is 0 Å². The van der Waals surface area contributed by atoms with Crippen molar-refractivity contribution in [2.24, 2.45) is 0 Å². The van der Waals surface area contributed by atoms with Crippen molar-refractivity contribution in [2.45, 2.75) is 9.79 Å². The van der Waals surface area contributed by atoms with Crippen LogP contribution in [0.3, 0.4) is 0 Å². The minimum Gasteiger partial charge on any atom is -0.459 e. The van der Waals surface area contributed by atoms with Gasteiger partial charge in [0, 0.05) is 21.3 Å². The van der Waals surface area contributed by atoms with Gasteiger partial charge >= 0.3 is 0 Å². The van der Waals surface area contributed by atoms with Gasteiger partial charge in [0.25, 0.3) is 11.8 Å². The van der Waals surface area contributed by atoms with Gasteiger partial charge in [0.2, 0.25) is 0 Å². The van der Waals surface area contributed by atoms with Crippen molar-refractivity contribution in [3.05, 3.63) is 96.8 Å². The van der Waals surface area contributed by atoms with E-state index in [1.54, 1.807) is 47.8 Å². The minimum absolute atomic E-state index is 0.272. The molecule has 0 aliphatic heterocycles. The fraction of sp³-hybridized carbons (Fsp3) is 0.0833. The molecule has 6 nitrogen and oxygen atoms in total. The monoisotopic (exact) mass is 464 g/mol. The molecule has 4 aromatic rings. The molecule has 2 aromatic heterocycles. The van der Waals surface area contributed by atoms with E-state index in [9.17, 15) is 9.59 Å². The number of anilines is 2. The molecule has 0 fully saturated rings. The number of carbonyl (C=O) groups is 2. The number of amides is 2. The Morgan fingerprint density at radius 2 is 1.06 bits per heavy atom. The van der Waals surface area contributed by atoms with E-state index in [1.807, 2.05) is 48.5 Å². The van der Waals surface area contributed by atoms with Crippen LogP contribution in [0.4, 0.5) is 11.4 Å². The number of benzene rings is 2. The van der Waals surface area contributed by atoms with E-state index < -0.39 is 0 Å². The van der Waals surface area contributed by atoms with Crippen molar-refractivity contribution in [2.75, 3.05) is 22.1 Å². The molecule has 2 heterocycles. The molecule has 0 saturated carbocycles. The molecule has 0 radical (unpaired) electrons. The molecule has 2 aromatic carbocycles. The molecule has 0 aliphatic carbocycles. The number of nitrogens with one attached hydrogen (secondary N) is 2. The van der Waals surface area contributed by atoms with E-state index in [-0.39, 0.29) is 23.3 Å². The Morgan fingerprint density at radius 1 is 0.625 bits per heavy atom. The van der Waals surface area contributed by atoms with Crippen molar-refractivity contribution in [1.29, 1.82) is 0 Å². The lowest BCUT2D eigenvalue weighted by Crippen LogP contribution is -2.11. The predicted octanol–water partition coefficient (Wildman–Crippen LogP) is 6.26. The fourth-order valence-corrected chi connectivity index (χ4v) is 4.88. The molecule has 0 spiro atoms. The van der Waals surface area contributed by atoms with Crippen LogP contribution in [0.5, 0.6) is 0 Å². The highest BCUT2D eigenvalue weighted by atomic mass is 32.2. The number of para-hydroxylation sites is 2. The van der Waals surface area contributed by atoms with Gasteiger partial charge in [0.15, 0.2) is 11.5 Å². The molecule has 162 valence electrons. The van der Waals surface area contributed by atoms with Gasteiger partial charge < -0.3 is 19.5 Å². The van der Waals surface area contributed by atoms with E-state index in [1.165, 1.54) is 12.5 Å². The second-order valence-corrected chi connectivity index (χ2v) is 8.83. The van der Waals surface area contributed by atoms with Crippen LogP contribution in [0, 0.1) is 0 Å². The van der Waals surface area contributed by atoms with Gasteiger partial charge in [-0.3, -0.25) is 9.59 Å². The second-order valence-electron chi connectivity index (χ2n) is 6.55. The van der Waals surface area contributed by atoms with Gasteiger partial charge in [-0.1, -0.05) is 24.3 Å². The Morgan fingerprint density at radius 3 is 1.47 bits per heavy atom. The molecular weight excluding hydrogens is 444 g/mol. The maximum absolute atomic E-state index is 12.3. The van der Waals surface area contributed by atoms with Gasteiger partial charge in [-0.2, -0.15) is 0 Å². The summed E-state index contributed by atoms with van der Waals surface area (Å²) in [5, 5.41) is 5.80. The molecule has 32 heavy (non-hydrogen) atoms. The summed E-state index contributed by atoms with van der Waals surface area (Å²) in [6.45, 7) is 0. The first-order chi connectivity index (χ1) is 15.7. The molecule has 8 heteroatoms. The Labute approximate surface area is 193 Å². The summed E-state index contributed by atoms with van der Waals surface area (Å²) in [7, 11) is 0. The van der Waals surface area contributed by atoms with Gasteiger partial charge in [-0.25, -0.2) is 0 Å². The van der Waals surface area contributed by atoms with Crippen LogP contribution in [0.25, 0.3) is 0 Å². The molecule has 0 aliphatic rings. The largest absolute Gasteiger partial charge is 0.459 e. The van der Waals surface area contributed by atoms with Crippen molar-refractivity contribution in [3.8, 4) is 0 Å². The number of rotatable bonds is 9. The molecule has 0 atom stereocenters. The average Bonchev–Trinajstić information content (AvgIpc) is 3.53. The molecule has 0 unspecified atom stereocenters. The lowest BCUT2D eigenvalue weighted by Gasteiger charge is -2.11. The van der Waals surface area contributed by atoms with E-state index in [4.69, 9.17) is 8.83 Å². The van der Waals surface area contributed by atoms with Crippen LogP contribution < -0.4 is 10.6 Å². The Hall–Kier alpha value is -3.36. The smallest absolute Gasteiger partial charge is 0.291 e. The third-order valence-electron chi connectivity index (χ3n) is 4.36. The van der Waals surface area contributed by atoms with E-state index in [0.717, 1.165) is 32.7 Å². The van der Waals surface area contributed by atoms with Crippen LogP contribution in [-0.4, -0.2) is 23.3 Å². The lowest BCUT2D eigenvalue weighted by atomic mass is 10.3. The number of thioether (sulfide) groups is 2. The van der Waals surface area contributed by atoms with Crippen LogP contribution in [-0.2, 0) is 0 Å². The normalized spacial score (nSPS) is 10.6. The maximum Gasteiger partial charge on any atom is 0.291 e. The summed E-state index contributed by atoms with van der Waals surface area (Å²) in [5.41, 5.74) is 1.49. The van der Waals surface area contributed by atoms with Crippen LogP contribution in [0.1, 0.15) is 21.1 Å². The molecule has 4 rings (SSSR count). The van der Waals surface area contributed by atoms with E-state index in [0.29, 0.717) is 0 Å². The summed E-state index contributed by atoms with van der Waals surface area (Å²) < 4.78 is 10.3. The standard InChI is InChI=1S/C24H20N2O4S2/c27-23(19-9-5-13-29-19)25-17-7-1-3-11-21(17)31-15-16-32-22-12-4-2-8-18(22)26-24(28)20-10-6-14-30-20/h1-14H,15-16H2,(H,25,27)(H,26,28). The summed E-state index contributed by atoms with van der Waals surface area (Å²) in [4.78, 5) is 26.5. The first-order valence-electron chi connectivity index (χ1n) is 9.84. The molecule has 0 bridgehead atoms. The number of hydrogen-bond donors (Lipinski definition) is 2. The predicted molar refractivity (Wildman–Crippen MR) is 128 cm³/mol. The summed E-state index contributed by atoms with van der Waals surface area (Å²) in [6.07, 6.45) is 2.95. The van der Waals surface area contributed by atoms with Gasteiger partial charge in [-0.05, 0) is 48.5 Å². The number of carbonyl (C=O) groups excluding carboxylic acids is 2.